The first-order valence-corrected chi connectivity index (χ1v) is 7.99. The van der Waals surface area contributed by atoms with Gasteiger partial charge in [0.05, 0.1) is 18.4 Å². The fraction of sp³-hybridized carbons (Fsp3) is 0.312. The van der Waals surface area contributed by atoms with E-state index < -0.39 is 0 Å². The molecule has 0 fully saturated rings. The molecular weight excluding hydrogens is 300 g/mol. The molecule has 1 amide bonds. The van der Waals surface area contributed by atoms with Crippen LogP contribution in [0.15, 0.2) is 41.4 Å². The van der Waals surface area contributed by atoms with E-state index in [0.29, 0.717) is 25.1 Å². The summed E-state index contributed by atoms with van der Waals surface area (Å²) in [6.07, 6.45) is 2.65. The number of fused-ring (bicyclic) bond motifs is 1. The number of methoxy groups -OCH3 is 1. The molecule has 6 heteroatoms. The summed E-state index contributed by atoms with van der Waals surface area (Å²) in [4.78, 5) is 28.1. The number of nitrogens with zero attached hydrogens (tertiary/aromatic N) is 1. The minimum atomic E-state index is -0.259. The summed E-state index contributed by atoms with van der Waals surface area (Å²) < 4.78 is 4.54. The van der Waals surface area contributed by atoms with E-state index in [9.17, 15) is 9.59 Å². The average Bonchev–Trinajstić information content (AvgIpc) is 2.56. The number of hydrogen-bond donors (Lipinski definition) is 1. The number of amides is 1. The lowest BCUT2D eigenvalue weighted by atomic mass is 10.2. The second-order valence-electron chi connectivity index (χ2n) is 4.65. The van der Waals surface area contributed by atoms with Crippen molar-refractivity contribution < 1.29 is 14.3 Å². The third kappa shape index (κ3) is 4.73. The lowest BCUT2D eigenvalue weighted by molar-refractivity contribution is -0.140. The molecule has 0 radical (unpaired) electrons. The van der Waals surface area contributed by atoms with Crippen molar-refractivity contribution in [2.75, 3.05) is 19.4 Å². The molecule has 0 aliphatic heterocycles. The van der Waals surface area contributed by atoms with Crippen molar-refractivity contribution in [2.45, 2.75) is 17.7 Å². The van der Waals surface area contributed by atoms with Gasteiger partial charge in [0.25, 0.3) is 0 Å². The van der Waals surface area contributed by atoms with Gasteiger partial charge in [0.15, 0.2) is 0 Å². The number of aromatic nitrogens is 1. The molecule has 1 aromatic carbocycles. The zero-order chi connectivity index (χ0) is 15.8. The lowest BCUT2D eigenvalue weighted by Gasteiger charge is -2.06. The molecule has 1 N–H and O–H groups in total. The van der Waals surface area contributed by atoms with Gasteiger partial charge in [-0.25, -0.2) is 0 Å². The summed E-state index contributed by atoms with van der Waals surface area (Å²) in [6, 6.07) is 9.81. The molecule has 0 atom stereocenters. The Morgan fingerprint density at radius 1 is 1.27 bits per heavy atom. The largest absolute Gasteiger partial charge is 0.469 e. The Balaban J connectivity index is 1.79. The molecule has 0 bridgehead atoms. The Bertz CT molecular complexity index is 655. The molecule has 0 unspecified atom stereocenters. The fourth-order valence-electron chi connectivity index (χ4n) is 1.95. The van der Waals surface area contributed by atoms with Crippen LogP contribution in [0.5, 0.6) is 0 Å². The zero-order valence-electron chi connectivity index (χ0n) is 12.4. The molecule has 0 aliphatic rings. The maximum absolute atomic E-state index is 11.8. The second kappa shape index (κ2) is 8.38. The molecule has 0 saturated carbocycles. The summed E-state index contributed by atoms with van der Waals surface area (Å²) in [7, 11) is 1.36. The topological polar surface area (TPSA) is 68.3 Å². The molecule has 2 rings (SSSR count). The Labute approximate surface area is 133 Å². The van der Waals surface area contributed by atoms with E-state index in [4.69, 9.17) is 0 Å². The Morgan fingerprint density at radius 3 is 2.91 bits per heavy atom. The van der Waals surface area contributed by atoms with Crippen LogP contribution < -0.4 is 5.32 Å². The molecule has 1 heterocycles. The SMILES string of the molecule is COC(=O)CCCNC(=O)CSc1cccc2cccnc12. The van der Waals surface area contributed by atoms with Gasteiger partial charge in [0.2, 0.25) is 5.91 Å². The number of hydrogen-bond acceptors (Lipinski definition) is 5. The van der Waals surface area contributed by atoms with E-state index in [2.05, 4.69) is 15.0 Å². The highest BCUT2D eigenvalue weighted by Crippen LogP contribution is 2.25. The average molecular weight is 318 g/mol. The number of ether oxygens (including phenoxy) is 1. The summed E-state index contributed by atoms with van der Waals surface area (Å²) in [5, 5.41) is 3.85. The van der Waals surface area contributed by atoms with E-state index in [-0.39, 0.29) is 11.9 Å². The molecule has 0 spiro atoms. The highest BCUT2D eigenvalue weighted by molar-refractivity contribution is 8.00. The van der Waals surface area contributed by atoms with E-state index in [0.717, 1.165) is 15.8 Å². The zero-order valence-corrected chi connectivity index (χ0v) is 13.2. The minimum absolute atomic E-state index is 0.0530. The van der Waals surface area contributed by atoms with Crippen LogP contribution in [-0.4, -0.2) is 36.3 Å². The second-order valence-corrected chi connectivity index (χ2v) is 5.67. The summed E-state index contributed by atoms with van der Waals surface area (Å²) in [6.45, 7) is 0.474. The first kappa shape index (κ1) is 16.3. The predicted molar refractivity (Wildman–Crippen MR) is 86.7 cm³/mol. The van der Waals surface area contributed by atoms with Crippen LogP contribution in [-0.2, 0) is 14.3 Å². The molecule has 5 nitrogen and oxygen atoms in total. The van der Waals surface area contributed by atoms with Gasteiger partial charge in [0.1, 0.15) is 0 Å². The number of rotatable bonds is 7. The smallest absolute Gasteiger partial charge is 0.305 e. The number of carbonyl (C=O) groups excluding carboxylic acids is 2. The van der Waals surface area contributed by atoms with Crippen molar-refractivity contribution in [3.63, 3.8) is 0 Å². The van der Waals surface area contributed by atoms with Crippen molar-refractivity contribution in [1.29, 1.82) is 0 Å². The van der Waals surface area contributed by atoms with Gasteiger partial charge in [0, 0.05) is 29.4 Å². The summed E-state index contributed by atoms with van der Waals surface area (Å²) in [5.74, 6) is 0.0155. The third-order valence-corrected chi connectivity index (χ3v) is 4.11. The van der Waals surface area contributed by atoms with Crippen LogP contribution in [0.3, 0.4) is 0 Å². The first-order chi connectivity index (χ1) is 10.7. The Morgan fingerprint density at radius 2 is 2.09 bits per heavy atom. The van der Waals surface area contributed by atoms with E-state index in [1.165, 1.54) is 18.9 Å². The van der Waals surface area contributed by atoms with E-state index in [1.807, 2.05) is 30.3 Å². The Hall–Kier alpha value is -2.08. The normalized spacial score (nSPS) is 10.4. The Kier molecular flexibility index (Phi) is 6.21. The van der Waals surface area contributed by atoms with Crippen LogP contribution in [0.1, 0.15) is 12.8 Å². The summed E-state index contributed by atoms with van der Waals surface area (Å²) in [5.41, 5.74) is 0.911. The van der Waals surface area contributed by atoms with Crippen LogP contribution >= 0.6 is 11.8 Å². The molecule has 0 aliphatic carbocycles. The van der Waals surface area contributed by atoms with Crippen LogP contribution in [0, 0.1) is 0 Å². The van der Waals surface area contributed by atoms with Gasteiger partial charge >= 0.3 is 5.97 Å². The van der Waals surface area contributed by atoms with Crippen molar-refractivity contribution in [3.8, 4) is 0 Å². The molecule has 22 heavy (non-hydrogen) atoms. The molecule has 1 aromatic heterocycles. The van der Waals surface area contributed by atoms with Crippen molar-refractivity contribution in [1.82, 2.24) is 10.3 Å². The number of nitrogens with one attached hydrogen (secondary N) is 1. The third-order valence-electron chi connectivity index (χ3n) is 3.06. The number of thioether (sulfide) groups is 1. The van der Waals surface area contributed by atoms with Crippen LogP contribution in [0.4, 0.5) is 0 Å². The quantitative estimate of drug-likeness (QED) is 0.482. The maximum Gasteiger partial charge on any atom is 0.305 e. The van der Waals surface area contributed by atoms with Gasteiger partial charge in [-0.1, -0.05) is 18.2 Å². The minimum Gasteiger partial charge on any atom is -0.469 e. The fourth-order valence-corrected chi connectivity index (χ4v) is 2.82. The van der Waals surface area contributed by atoms with Crippen molar-refractivity contribution in [2.24, 2.45) is 0 Å². The van der Waals surface area contributed by atoms with E-state index in [1.54, 1.807) is 6.20 Å². The van der Waals surface area contributed by atoms with Crippen LogP contribution in [0.25, 0.3) is 10.9 Å². The lowest BCUT2D eigenvalue weighted by Crippen LogP contribution is -2.26. The monoisotopic (exact) mass is 318 g/mol. The first-order valence-electron chi connectivity index (χ1n) is 7.01. The molecule has 116 valence electrons. The number of esters is 1. The van der Waals surface area contributed by atoms with Crippen molar-refractivity contribution >= 4 is 34.5 Å². The van der Waals surface area contributed by atoms with Gasteiger partial charge < -0.3 is 10.1 Å². The van der Waals surface area contributed by atoms with Gasteiger partial charge in [-0.05, 0) is 18.6 Å². The van der Waals surface area contributed by atoms with E-state index >= 15 is 0 Å². The number of carbonyl (C=O) groups is 2. The van der Waals surface area contributed by atoms with Crippen molar-refractivity contribution in [3.05, 3.63) is 36.5 Å². The highest BCUT2D eigenvalue weighted by atomic mass is 32.2. The summed E-state index contributed by atoms with van der Waals surface area (Å²) >= 11 is 1.46. The molecule has 0 saturated heterocycles. The number of benzene rings is 1. The molecule has 2 aromatic rings. The van der Waals surface area contributed by atoms with Gasteiger partial charge in [-0.3, -0.25) is 14.6 Å². The van der Waals surface area contributed by atoms with Gasteiger partial charge in [-0.15, -0.1) is 11.8 Å². The predicted octanol–water partition coefficient (Wildman–Crippen LogP) is 2.40. The highest BCUT2D eigenvalue weighted by Gasteiger charge is 2.07. The maximum atomic E-state index is 11.8. The molecular formula is C16H18N2O3S. The number of para-hydroxylation sites is 1. The number of pyridine rings is 1. The van der Waals surface area contributed by atoms with Crippen LogP contribution in [0.2, 0.25) is 0 Å². The van der Waals surface area contributed by atoms with Gasteiger partial charge in [-0.2, -0.15) is 0 Å². The standard InChI is InChI=1S/C16H18N2O3S/c1-21-15(20)8-4-9-17-14(19)11-22-13-7-2-5-12-6-3-10-18-16(12)13/h2-3,5-7,10H,4,8-9,11H2,1H3,(H,17,19).